The lowest BCUT2D eigenvalue weighted by molar-refractivity contribution is 0.0611. The summed E-state index contributed by atoms with van der Waals surface area (Å²) >= 11 is 0. The molecule has 0 aliphatic carbocycles. The zero-order valence-electron chi connectivity index (χ0n) is 19.0. The Balaban J connectivity index is 1.76. The van der Waals surface area contributed by atoms with Gasteiger partial charge in [0.15, 0.2) is 5.78 Å². The van der Waals surface area contributed by atoms with Gasteiger partial charge in [-0.3, -0.25) is 9.78 Å². The lowest BCUT2D eigenvalue weighted by atomic mass is 9.94. The number of hydrogen-bond donors (Lipinski definition) is 0. The molecule has 0 saturated carbocycles. The third kappa shape index (κ3) is 4.34. The number of pyridine rings is 1. The van der Waals surface area contributed by atoms with Gasteiger partial charge in [-0.2, -0.15) is 0 Å². The van der Waals surface area contributed by atoms with Gasteiger partial charge in [-0.05, 0) is 49.1 Å². The van der Waals surface area contributed by atoms with Crippen LogP contribution in [0.25, 0.3) is 11.0 Å². The average molecular weight is 456 g/mol. The molecule has 2 aromatic heterocycles. The summed E-state index contributed by atoms with van der Waals surface area (Å²) in [6.07, 6.45) is 3.26. The van der Waals surface area contributed by atoms with E-state index in [1.807, 2.05) is 6.07 Å². The molecule has 0 spiro atoms. The first kappa shape index (κ1) is 22.6. The molecule has 3 aromatic rings. The molecule has 7 nitrogen and oxygen atoms in total. The molecule has 1 saturated heterocycles. The van der Waals surface area contributed by atoms with Crippen LogP contribution >= 0.6 is 0 Å². The number of sulfone groups is 1. The van der Waals surface area contributed by atoms with Crippen LogP contribution in [-0.2, 0) is 26.5 Å². The molecule has 1 aliphatic rings. The molecule has 4 rings (SSSR count). The molecule has 170 valence electrons. The van der Waals surface area contributed by atoms with Crippen molar-refractivity contribution in [1.82, 2.24) is 14.5 Å². The van der Waals surface area contributed by atoms with E-state index in [1.165, 1.54) is 25.3 Å². The molecule has 0 N–H and O–H groups in total. The van der Waals surface area contributed by atoms with Crippen molar-refractivity contribution in [3.05, 3.63) is 48.0 Å². The first-order valence-corrected chi connectivity index (χ1v) is 12.4. The number of ketones is 1. The zero-order valence-corrected chi connectivity index (χ0v) is 19.8. The van der Waals surface area contributed by atoms with Crippen molar-refractivity contribution >= 4 is 26.7 Å². The van der Waals surface area contributed by atoms with Crippen molar-refractivity contribution in [2.45, 2.75) is 62.3 Å². The predicted octanol–water partition coefficient (Wildman–Crippen LogP) is 4.19. The highest BCUT2D eigenvalue weighted by molar-refractivity contribution is 7.91. The molecule has 8 heteroatoms. The number of nitrogens with zero attached hydrogens (tertiary/aromatic N) is 3. The quantitative estimate of drug-likeness (QED) is 0.536. The Bertz CT molecular complexity index is 1250. The number of carbonyl (C=O) groups excluding carboxylic acids is 1. The minimum absolute atomic E-state index is 0.0551. The summed E-state index contributed by atoms with van der Waals surface area (Å²) in [5.41, 5.74) is 1.65. The van der Waals surface area contributed by atoms with E-state index in [0.717, 1.165) is 43.9 Å². The summed E-state index contributed by atoms with van der Waals surface area (Å²) < 4.78 is 34.1. The highest BCUT2D eigenvalue weighted by Crippen LogP contribution is 2.31. The van der Waals surface area contributed by atoms with Crippen molar-refractivity contribution in [1.29, 1.82) is 0 Å². The Kier molecular flexibility index (Phi) is 5.94. The zero-order chi connectivity index (χ0) is 23.1. The van der Waals surface area contributed by atoms with Crippen molar-refractivity contribution in [3.8, 4) is 0 Å². The smallest absolute Gasteiger partial charge is 0.208 e. The summed E-state index contributed by atoms with van der Waals surface area (Å²) in [5.74, 6) is 1.25. The fraction of sp³-hybridized carbons (Fsp3) is 0.458. The fourth-order valence-corrected chi connectivity index (χ4v) is 5.33. The molecular weight excluding hydrogens is 426 g/mol. The second-order valence-corrected chi connectivity index (χ2v) is 11.4. The van der Waals surface area contributed by atoms with Gasteiger partial charge in [-0.25, -0.2) is 13.4 Å². The highest BCUT2D eigenvalue weighted by atomic mass is 32.2. The molecule has 0 unspecified atom stereocenters. The normalized spacial score (nSPS) is 15.9. The lowest BCUT2D eigenvalue weighted by Gasteiger charge is -2.26. The third-order valence-corrected chi connectivity index (χ3v) is 7.63. The molecule has 1 aliphatic heterocycles. The number of fused-ring (bicyclic) bond motifs is 1. The maximum Gasteiger partial charge on any atom is 0.208 e. The van der Waals surface area contributed by atoms with Gasteiger partial charge in [0.25, 0.3) is 0 Å². The number of aromatic nitrogens is 3. The number of hydrogen-bond acceptors (Lipinski definition) is 6. The van der Waals surface area contributed by atoms with Crippen LogP contribution in [0.4, 0.5) is 0 Å². The van der Waals surface area contributed by atoms with Crippen molar-refractivity contribution in [2.75, 3.05) is 13.2 Å². The Morgan fingerprint density at radius 2 is 1.81 bits per heavy atom. The van der Waals surface area contributed by atoms with Crippen LogP contribution in [0.1, 0.15) is 56.8 Å². The summed E-state index contributed by atoms with van der Waals surface area (Å²) in [4.78, 5) is 20.5. The minimum Gasteiger partial charge on any atom is -0.381 e. The summed E-state index contributed by atoms with van der Waals surface area (Å²) in [6.45, 7) is 10.2. The van der Waals surface area contributed by atoms with E-state index in [2.05, 4.69) is 30.3 Å². The molecule has 3 heterocycles. The Morgan fingerprint density at radius 1 is 1.12 bits per heavy atom. The van der Waals surface area contributed by atoms with E-state index >= 15 is 0 Å². The van der Waals surface area contributed by atoms with E-state index in [0.29, 0.717) is 11.4 Å². The van der Waals surface area contributed by atoms with Crippen molar-refractivity contribution in [3.63, 3.8) is 0 Å². The van der Waals surface area contributed by atoms with Gasteiger partial charge in [0.1, 0.15) is 11.5 Å². The first-order chi connectivity index (χ1) is 15.1. The first-order valence-electron chi connectivity index (χ1n) is 10.9. The fourth-order valence-electron chi connectivity index (χ4n) is 4.10. The monoisotopic (exact) mass is 455 g/mol. The molecular formula is C24H29N3O4S. The standard InChI is InChI=1S/C24H29N3O4S/c1-16(28)20-7-5-19(14-25-20)32(29,30)18-6-8-22-21(13-18)26-23(24(2,3)4)27(22)15-17-9-11-31-12-10-17/h5-8,13-14,17H,9-12,15H2,1-4H3. The van der Waals surface area contributed by atoms with E-state index in [9.17, 15) is 13.2 Å². The molecule has 1 aromatic carbocycles. The van der Waals surface area contributed by atoms with Gasteiger partial charge >= 0.3 is 0 Å². The molecule has 0 radical (unpaired) electrons. The van der Waals surface area contributed by atoms with E-state index < -0.39 is 9.84 Å². The number of ether oxygens (including phenoxy) is 1. The highest BCUT2D eigenvalue weighted by Gasteiger charge is 2.27. The van der Waals surface area contributed by atoms with Crippen LogP contribution in [0.15, 0.2) is 46.3 Å². The second kappa shape index (κ2) is 8.41. The lowest BCUT2D eigenvalue weighted by Crippen LogP contribution is -2.25. The average Bonchev–Trinajstić information content (AvgIpc) is 3.13. The number of benzene rings is 1. The Hall–Kier alpha value is -2.58. The van der Waals surface area contributed by atoms with Crippen LogP contribution in [-0.4, -0.2) is 41.9 Å². The maximum atomic E-state index is 13.2. The van der Waals surface area contributed by atoms with Gasteiger partial charge in [-0.15, -0.1) is 0 Å². The van der Waals surface area contributed by atoms with E-state index in [1.54, 1.807) is 12.1 Å². The van der Waals surface area contributed by atoms with E-state index in [4.69, 9.17) is 9.72 Å². The Labute approximate surface area is 188 Å². The number of Topliss-reactive ketones (excluding diaryl/α,β-unsaturated/α-hetero) is 1. The number of imidazole rings is 1. The minimum atomic E-state index is -3.78. The molecule has 32 heavy (non-hydrogen) atoms. The Morgan fingerprint density at radius 3 is 2.41 bits per heavy atom. The van der Waals surface area contributed by atoms with Crippen molar-refractivity contribution in [2.24, 2.45) is 5.92 Å². The maximum absolute atomic E-state index is 13.2. The van der Waals surface area contributed by atoms with Crippen LogP contribution in [0, 0.1) is 5.92 Å². The second-order valence-electron chi connectivity index (χ2n) is 9.44. The van der Waals surface area contributed by atoms with Crippen LogP contribution in [0.5, 0.6) is 0 Å². The largest absolute Gasteiger partial charge is 0.381 e. The van der Waals surface area contributed by atoms with Crippen LogP contribution in [0.3, 0.4) is 0 Å². The molecule has 1 fully saturated rings. The van der Waals surface area contributed by atoms with Gasteiger partial charge in [-0.1, -0.05) is 20.8 Å². The van der Waals surface area contributed by atoms with Crippen LogP contribution < -0.4 is 0 Å². The third-order valence-electron chi connectivity index (χ3n) is 5.89. The predicted molar refractivity (Wildman–Crippen MR) is 122 cm³/mol. The van der Waals surface area contributed by atoms with Gasteiger partial charge in [0, 0.05) is 38.3 Å². The van der Waals surface area contributed by atoms with Crippen molar-refractivity contribution < 1.29 is 17.9 Å². The SMILES string of the molecule is CC(=O)c1ccc(S(=O)(=O)c2ccc3c(c2)nc(C(C)(C)C)n3CC2CCOCC2)cn1. The van der Waals surface area contributed by atoms with Gasteiger partial charge in [0.2, 0.25) is 9.84 Å². The summed E-state index contributed by atoms with van der Waals surface area (Å²) in [7, 11) is -3.78. The van der Waals surface area contributed by atoms with E-state index in [-0.39, 0.29) is 26.7 Å². The number of rotatable bonds is 5. The summed E-state index contributed by atoms with van der Waals surface area (Å²) in [6, 6.07) is 7.98. The van der Waals surface area contributed by atoms with Gasteiger partial charge in [0.05, 0.1) is 20.8 Å². The number of carbonyl (C=O) groups is 1. The van der Waals surface area contributed by atoms with Crippen LogP contribution in [0.2, 0.25) is 0 Å². The topological polar surface area (TPSA) is 91.2 Å². The summed E-state index contributed by atoms with van der Waals surface area (Å²) in [5, 5.41) is 0. The molecule has 0 atom stereocenters. The van der Waals surface area contributed by atoms with Gasteiger partial charge < -0.3 is 9.30 Å². The molecule has 0 amide bonds. The molecule has 0 bridgehead atoms.